The molecule has 1 aromatic rings. The molecule has 0 N–H and O–H groups in total. The third kappa shape index (κ3) is 3.21. The van der Waals surface area contributed by atoms with Crippen molar-refractivity contribution in [3.05, 3.63) is 29.3 Å². The van der Waals surface area contributed by atoms with Crippen LogP contribution in [0, 0.1) is 6.92 Å². The summed E-state index contributed by atoms with van der Waals surface area (Å²) >= 11 is 0. The van der Waals surface area contributed by atoms with Crippen molar-refractivity contribution in [2.24, 2.45) is 0 Å². The molecule has 0 saturated carbocycles. The normalized spacial score (nSPS) is 8.57. The van der Waals surface area contributed by atoms with E-state index in [0.717, 1.165) is 11.8 Å². The van der Waals surface area contributed by atoms with Gasteiger partial charge in [-0.2, -0.15) is 0 Å². The van der Waals surface area contributed by atoms with Crippen molar-refractivity contribution in [2.45, 2.75) is 27.7 Å². The molecule has 0 aliphatic rings. The maximum Gasteiger partial charge on any atom is 0.154 e. The number of aryl methyl sites for hydroxylation is 1. The highest BCUT2D eigenvalue weighted by atomic mass is 16.5. The molecule has 2 heteroatoms. The van der Waals surface area contributed by atoms with Gasteiger partial charge in [0.15, 0.2) is 6.29 Å². The second-order valence-corrected chi connectivity index (χ2v) is 2.54. The number of hydrogen-bond donors (Lipinski definition) is 0. The molecule has 0 saturated heterocycles. The first-order chi connectivity index (χ1) is 6.79. The number of rotatable bonds is 3. The molecular formula is C12H18O2. The summed E-state index contributed by atoms with van der Waals surface area (Å²) in [7, 11) is 0. The van der Waals surface area contributed by atoms with Gasteiger partial charge in [-0.1, -0.05) is 26.0 Å². The highest BCUT2D eigenvalue weighted by molar-refractivity contribution is 5.81. The fraction of sp³-hybridized carbons (Fsp3) is 0.417. The molecule has 0 amide bonds. The highest BCUT2D eigenvalue weighted by Crippen LogP contribution is 2.19. The van der Waals surface area contributed by atoms with E-state index in [-0.39, 0.29) is 0 Å². The van der Waals surface area contributed by atoms with Gasteiger partial charge in [0.05, 0.1) is 12.2 Å². The van der Waals surface area contributed by atoms with Crippen LogP contribution >= 0.6 is 0 Å². The van der Waals surface area contributed by atoms with Crippen LogP contribution in [0.4, 0.5) is 0 Å². The van der Waals surface area contributed by atoms with Gasteiger partial charge >= 0.3 is 0 Å². The predicted molar refractivity (Wildman–Crippen MR) is 59.1 cm³/mol. The summed E-state index contributed by atoms with van der Waals surface area (Å²) < 4.78 is 5.28. The molecule has 78 valence electrons. The Morgan fingerprint density at radius 3 is 2.50 bits per heavy atom. The summed E-state index contributed by atoms with van der Waals surface area (Å²) in [6, 6.07) is 5.58. The molecule has 0 aromatic heterocycles. The Morgan fingerprint density at radius 2 is 2.00 bits per heavy atom. The predicted octanol–water partition coefficient (Wildman–Crippen LogP) is 3.23. The Balaban J connectivity index is 0.000000791. The molecule has 2 nitrogen and oxygen atoms in total. The average molecular weight is 194 g/mol. The van der Waals surface area contributed by atoms with Crippen molar-refractivity contribution in [2.75, 3.05) is 6.61 Å². The van der Waals surface area contributed by atoms with Crippen LogP contribution in [-0.2, 0) is 0 Å². The van der Waals surface area contributed by atoms with Crippen LogP contribution < -0.4 is 4.74 Å². The van der Waals surface area contributed by atoms with E-state index in [0.29, 0.717) is 17.9 Å². The number of benzene rings is 1. The second kappa shape index (κ2) is 7.13. The van der Waals surface area contributed by atoms with E-state index in [4.69, 9.17) is 4.74 Å². The first-order valence-electron chi connectivity index (χ1n) is 4.97. The second-order valence-electron chi connectivity index (χ2n) is 2.54. The van der Waals surface area contributed by atoms with Crippen LogP contribution in [-0.4, -0.2) is 12.9 Å². The molecule has 0 aliphatic carbocycles. The van der Waals surface area contributed by atoms with Crippen LogP contribution in [0.25, 0.3) is 0 Å². The van der Waals surface area contributed by atoms with Gasteiger partial charge in [0.25, 0.3) is 0 Å². The molecule has 0 fully saturated rings. The fourth-order valence-corrected chi connectivity index (χ4v) is 1.09. The van der Waals surface area contributed by atoms with Crippen molar-refractivity contribution >= 4 is 6.29 Å². The van der Waals surface area contributed by atoms with Gasteiger partial charge in [-0.05, 0) is 25.5 Å². The zero-order chi connectivity index (χ0) is 11.0. The lowest BCUT2D eigenvalue weighted by molar-refractivity contribution is 0.111. The summed E-state index contributed by atoms with van der Waals surface area (Å²) in [6.07, 6.45) is 0.834. The molecule has 0 bridgehead atoms. The third-order valence-corrected chi connectivity index (χ3v) is 1.70. The van der Waals surface area contributed by atoms with E-state index in [1.54, 1.807) is 6.07 Å². The summed E-state index contributed by atoms with van der Waals surface area (Å²) in [5, 5.41) is 0. The lowest BCUT2D eigenvalue weighted by atomic mass is 10.1. The van der Waals surface area contributed by atoms with E-state index in [1.807, 2.05) is 39.8 Å². The zero-order valence-corrected chi connectivity index (χ0v) is 9.33. The third-order valence-electron chi connectivity index (χ3n) is 1.70. The lowest BCUT2D eigenvalue weighted by Gasteiger charge is -2.06. The maximum absolute atomic E-state index is 10.6. The van der Waals surface area contributed by atoms with Gasteiger partial charge in [0.1, 0.15) is 5.75 Å². The largest absolute Gasteiger partial charge is 0.493 e. The molecule has 0 atom stereocenters. The van der Waals surface area contributed by atoms with Gasteiger partial charge in [0.2, 0.25) is 0 Å². The van der Waals surface area contributed by atoms with Gasteiger partial charge in [-0.3, -0.25) is 4.79 Å². The molecule has 0 unspecified atom stereocenters. The topological polar surface area (TPSA) is 26.3 Å². The Bertz CT molecular complexity index is 280. The van der Waals surface area contributed by atoms with Crippen molar-refractivity contribution < 1.29 is 9.53 Å². The molecule has 0 spiro atoms. The Kier molecular flexibility index (Phi) is 6.46. The summed E-state index contributed by atoms with van der Waals surface area (Å²) in [6.45, 7) is 8.38. The smallest absolute Gasteiger partial charge is 0.154 e. The minimum atomic E-state index is 0.588. The molecule has 0 heterocycles. The molecule has 0 aliphatic heterocycles. The highest BCUT2D eigenvalue weighted by Gasteiger charge is 2.03. The number of carbonyl (C=O) groups excluding carboxylic acids is 1. The quantitative estimate of drug-likeness (QED) is 0.690. The van der Waals surface area contributed by atoms with Gasteiger partial charge in [-0.25, -0.2) is 0 Å². The Hall–Kier alpha value is -1.31. The number of hydrogen-bond acceptors (Lipinski definition) is 2. The van der Waals surface area contributed by atoms with Crippen LogP contribution in [0.2, 0.25) is 0 Å². The van der Waals surface area contributed by atoms with Crippen LogP contribution in [0.15, 0.2) is 18.2 Å². The minimum absolute atomic E-state index is 0.588. The number of carbonyl (C=O) groups is 1. The molecule has 14 heavy (non-hydrogen) atoms. The van der Waals surface area contributed by atoms with E-state index in [2.05, 4.69) is 0 Å². The van der Waals surface area contributed by atoms with Gasteiger partial charge < -0.3 is 4.74 Å². The first-order valence-corrected chi connectivity index (χ1v) is 4.97. The SMILES string of the molecule is CC.CCOc1cccc(C)c1C=O. The number of ether oxygens (including phenoxy) is 1. The summed E-state index contributed by atoms with van der Waals surface area (Å²) in [4.78, 5) is 10.6. The Labute approximate surface area is 85.9 Å². The fourth-order valence-electron chi connectivity index (χ4n) is 1.09. The van der Waals surface area contributed by atoms with Crippen molar-refractivity contribution in [3.8, 4) is 5.75 Å². The Morgan fingerprint density at radius 1 is 1.36 bits per heavy atom. The van der Waals surface area contributed by atoms with E-state index < -0.39 is 0 Å². The van der Waals surface area contributed by atoms with E-state index in [1.165, 1.54) is 0 Å². The molecule has 1 aromatic carbocycles. The minimum Gasteiger partial charge on any atom is -0.493 e. The van der Waals surface area contributed by atoms with Crippen LogP contribution in [0.3, 0.4) is 0 Å². The van der Waals surface area contributed by atoms with E-state index >= 15 is 0 Å². The first kappa shape index (κ1) is 12.7. The lowest BCUT2D eigenvalue weighted by Crippen LogP contribution is -1.97. The number of aldehydes is 1. The van der Waals surface area contributed by atoms with E-state index in [9.17, 15) is 4.79 Å². The standard InChI is InChI=1S/C10H12O2.C2H6/c1-3-12-10-6-4-5-8(2)9(10)7-11;1-2/h4-7H,3H2,1-2H3;1-2H3. The van der Waals surface area contributed by atoms with Crippen molar-refractivity contribution in [3.63, 3.8) is 0 Å². The van der Waals surface area contributed by atoms with Gasteiger partial charge in [0, 0.05) is 0 Å². The zero-order valence-electron chi connectivity index (χ0n) is 9.33. The van der Waals surface area contributed by atoms with Crippen molar-refractivity contribution in [1.82, 2.24) is 0 Å². The van der Waals surface area contributed by atoms with Crippen LogP contribution in [0.1, 0.15) is 36.7 Å². The average Bonchev–Trinajstić information content (AvgIpc) is 2.22. The summed E-state index contributed by atoms with van der Waals surface area (Å²) in [5.41, 5.74) is 1.61. The molecular weight excluding hydrogens is 176 g/mol. The van der Waals surface area contributed by atoms with Crippen LogP contribution in [0.5, 0.6) is 5.75 Å². The maximum atomic E-state index is 10.6. The van der Waals surface area contributed by atoms with Gasteiger partial charge in [-0.15, -0.1) is 0 Å². The summed E-state index contributed by atoms with van der Waals surface area (Å²) in [5.74, 6) is 0.674. The molecule has 1 rings (SSSR count). The van der Waals surface area contributed by atoms with Crippen molar-refractivity contribution in [1.29, 1.82) is 0 Å². The molecule has 0 radical (unpaired) electrons. The monoisotopic (exact) mass is 194 g/mol.